The van der Waals surface area contributed by atoms with Gasteiger partial charge in [0.25, 0.3) is 0 Å². The standard InChI is InChI=1S/C17H19N3.C4H10O.CH3NO/c18-10-12-6-7-17-15(9-12)14-4-1-5-16(14)20(17)11-13-3-2-8-19-13;1-4(2)5-3;2-1-3/h6-7,9,13,19H,1-5,8,11H2;4H,1-3H3;1H,(H2,2,3)/t13-;;/m0../s1. The molecule has 1 aromatic heterocycles. The van der Waals surface area contributed by atoms with Crippen LogP contribution in [0.5, 0.6) is 0 Å². The maximum atomic E-state index is 9.12. The molecule has 28 heavy (non-hydrogen) atoms. The van der Waals surface area contributed by atoms with E-state index in [9.17, 15) is 0 Å². The lowest BCUT2D eigenvalue weighted by Gasteiger charge is -2.15. The van der Waals surface area contributed by atoms with E-state index in [2.05, 4.69) is 33.8 Å². The second kappa shape index (κ2) is 10.8. The molecule has 0 bridgehead atoms. The van der Waals surface area contributed by atoms with Crippen LogP contribution in [-0.2, 0) is 28.9 Å². The van der Waals surface area contributed by atoms with Gasteiger partial charge < -0.3 is 20.4 Å². The van der Waals surface area contributed by atoms with Crippen LogP contribution >= 0.6 is 0 Å². The van der Waals surface area contributed by atoms with Gasteiger partial charge in [-0.1, -0.05) is 0 Å². The minimum atomic E-state index is 0.250. The molecule has 0 radical (unpaired) electrons. The Bertz CT molecular complexity index is 814. The van der Waals surface area contributed by atoms with Crippen molar-refractivity contribution in [2.75, 3.05) is 13.7 Å². The Morgan fingerprint density at radius 1 is 1.39 bits per heavy atom. The van der Waals surface area contributed by atoms with Gasteiger partial charge in [-0.3, -0.25) is 4.79 Å². The summed E-state index contributed by atoms with van der Waals surface area (Å²) in [6, 6.07) is 9.06. The topological polar surface area (TPSA) is 93.1 Å². The Balaban J connectivity index is 0.000000302. The third-order valence-corrected chi connectivity index (χ3v) is 5.29. The number of ether oxygens (including phenoxy) is 1. The van der Waals surface area contributed by atoms with Gasteiger partial charge >= 0.3 is 0 Å². The summed E-state index contributed by atoms with van der Waals surface area (Å²) in [6.07, 6.45) is 6.84. The Kier molecular flexibility index (Phi) is 8.49. The number of amides is 1. The van der Waals surface area contributed by atoms with Crippen LogP contribution < -0.4 is 11.1 Å². The second-order valence-electron chi connectivity index (χ2n) is 7.45. The molecule has 1 fully saturated rings. The largest absolute Gasteiger partial charge is 0.382 e. The van der Waals surface area contributed by atoms with Crippen LogP contribution in [0, 0.1) is 11.3 Å². The van der Waals surface area contributed by atoms with Gasteiger partial charge in [-0.25, -0.2) is 0 Å². The molecule has 2 aliphatic rings. The monoisotopic (exact) mass is 384 g/mol. The Labute approximate surface area is 167 Å². The predicted octanol–water partition coefficient (Wildman–Crippen LogP) is 2.90. The molecule has 1 aliphatic carbocycles. The van der Waals surface area contributed by atoms with Crippen molar-refractivity contribution in [2.45, 2.75) is 64.6 Å². The summed E-state index contributed by atoms with van der Waals surface area (Å²) in [4.78, 5) is 8.58. The molecule has 3 N–H and O–H groups in total. The molecule has 4 rings (SSSR count). The van der Waals surface area contributed by atoms with E-state index in [4.69, 9.17) is 14.8 Å². The fourth-order valence-corrected chi connectivity index (χ4v) is 3.89. The van der Waals surface area contributed by atoms with Crippen molar-refractivity contribution in [3.63, 3.8) is 0 Å². The molecule has 1 aromatic carbocycles. The maximum absolute atomic E-state index is 9.12. The molecule has 1 saturated heterocycles. The lowest BCUT2D eigenvalue weighted by Crippen LogP contribution is -2.27. The number of carbonyl (C=O) groups is 1. The van der Waals surface area contributed by atoms with Crippen LogP contribution in [0.1, 0.15) is 49.9 Å². The van der Waals surface area contributed by atoms with Crippen LogP contribution in [0.25, 0.3) is 10.9 Å². The van der Waals surface area contributed by atoms with Crippen molar-refractivity contribution in [3.05, 3.63) is 35.0 Å². The second-order valence-corrected chi connectivity index (χ2v) is 7.45. The first-order valence-corrected chi connectivity index (χ1v) is 10.0. The Hall–Kier alpha value is -2.36. The molecule has 6 nitrogen and oxygen atoms in total. The molecular formula is C22H32N4O2. The van der Waals surface area contributed by atoms with Crippen LogP contribution in [0.15, 0.2) is 18.2 Å². The molecule has 152 valence electrons. The minimum absolute atomic E-state index is 0.250. The molecule has 1 atom stereocenters. The highest BCUT2D eigenvalue weighted by molar-refractivity contribution is 5.87. The first kappa shape index (κ1) is 21.9. The lowest BCUT2D eigenvalue weighted by molar-refractivity contribution is -0.106. The predicted molar refractivity (Wildman–Crippen MR) is 112 cm³/mol. The number of aromatic nitrogens is 1. The van der Waals surface area contributed by atoms with Gasteiger partial charge in [0.1, 0.15) is 0 Å². The molecule has 0 saturated carbocycles. The van der Waals surface area contributed by atoms with Crippen molar-refractivity contribution in [1.29, 1.82) is 5.26 Å². The van der Waals surface area contributed by atoms with Crippen LogP contribution in [0.2, 0.25) is 0 Å². The number of hydrogen-bond acceptors (Lipinski definition) is 4. The zero-order valence-electron chi connectivity index (χ0n) is 17.2. The summed E-state index contributed by atoms with van der Waals surface area (Å²) in [6.45, 7) is 6.24. The highest BCUT2D eigenvalue weighted by atomic mass is 16.5. The first-order valence-electron chi connectivity index (χ1n) is 10.0. The molecule has 1 amide bonds. The maximum Gasteiger partial charge on any atom is 0.204 e. The molecule has 6 heteroatoms. The molecule has 0 spiro atoms. The van der Waals surface area contributed by atoms with Gasteiger partial charge in [0.15, 0.2) is 0 Å². The van der Waals surface area contributed by atoms with Crippen molar-refractivity contribution in [2.24, 2.45) is 5.73 Å². The van der Waals surface area contributed by atoms with Crippen molar-refractivity contribution >= 4 is 17.3 Å². The van der Waals surface area contributed by atoms with Crippen LogP contribution in [-0.4, -0.2) is 36.8 Å². The van der Waals surface area contributed by atoms with Gasteiger partial charge in [0.2, 0.25) is 6.41 Å². The number of carbonyl (C=O) groups excluding carboxylic acids is 1. The third-order valence-electron chi connectivity index (χ3n) is 5.29. The number of primary amides is 1. The van der Waals surface area contributed by atoms with E-state index < -0.39 is 0 Å². The molecule has 1 aliphatic heterocycles. The zero-order valence-corrected chi connectivity index (χ0v) is 17.2. The van der Waals surface area contributed by atoms with Gasteiger partial charge in [-0.2, -0.15) is 5.26 Å². The van der Waals surface area contributed by atoms with Crippen LogP contribution in [0.3, 0.4) is 0 Å². The number of fused-ring (bicyclic) bond motifs is 3. The fraction of sp³-hybridized carbons (Fsp3) is 0.545. The minimum Gasteiger partial charge on any atom is -0.382 e. The van der Waals surface area contributed by atoms with Crippen molar-refractivity contribution in [1.82, 2.24) is 9.88 Å². The van der Waals surface area contributed by atoms with E-state index >= 15 is 0 Å². The summed E-state index contributed by atoms with van der Waals surface area (Å²) < 4.78 is 7.27. The Morgan fingerprint density at radius 2 is 2.11 bits per heavy atom. The SMILES string of the molecule is COC(C)C.N#Cc1ccc2c(c1)c1c(n2C[C@@H]2CCCN2)CCC1.NC=O. The highest BCUT2D eigenvalue weighted by Crippen LogP contribution is 2.34. The van der Waals surface area contributed by atoms with E-state index in [1.165, 1.54) is 54.3 Å². The number of rotatable bonds is 3. The summed E-state index contributed by atoms with van der Waals surface area (Å²) in [5.41, 5.74) is 9.28. The van der Waals surface area contributed by atoms with Gasteiger partial charge in [-0.15, -0.1) is 0 Å². The number of nitrogens with zero attached hydrogens (tertiary/aromatic N) is 2. The van der Waals surface area contributed by atoms with Crippen molar-refractivity contribution < 1.29 is 9.53 Å². The number of nitrogens with two attached hydrogens (primary N) is 1. The number of benzene rings is 1. The average Bonchev–Trinajstić information content (AvgIpc) is 3.42. The van der Waals surface area contributed by atoms with Crippen molar-refractivity contribution in [3.8, 4) is 6.07 Å². The summed E-state index contributed by atoms with van der Waals surface area (Å²) in [5, 5.41) is 14.0. The third kappa shape index (κ3) is 5.34. The smallest absolute Gasteiger partial charge is 0.204 e. The van der Waals surface area contributed by atoms with Gasteiger partial charge in [0.05, 0.1) is 17.7 Å². The molecule has 0 unspecified atom stereocenters. The van der Waals surface area contributed by atoms with Crippen LogP contribution in [0.4, 0.5) is 0 Å². The Morgan fingerprint density at radius 3 is 2.68 bits per heavy atom. The number of nitrogens with one attached hydrogen (secondary N) is 1. The van der Waals surface area contributed by atoms with Gasteiger partial charge in [0, 0.05) is 36.3 Å². The average molecular weight is 385 g/mol. The number of methoxy groups -OCH3 is 1. The quantitative estimate of drug-likeness (QED) is 0.796. The lowest BCUT2D eigenvalue weighted by atomic mass is 10.1. The molecular weight excluding hydrogens is 352 g/mol. The summed E-state index contributed by atoms with van der Waals surface area (Å²) in [7, 11) is 1.70. The fourth-order valence-electron chi connectivity index (χ4n) is 3.89. The first-order chi connectivity index (χ1) is 13.5. The highest BCUT2D eigenvalue weighted by Gasteiger charge is 2.24. The summed E-state index contributed by atoms with van der Waals surface area (Å²) in [5.74, 6) is 0. The van der Waals surface area contributed by atoms with E-state index in [0.29, 0.717) is 12.1 Å². The van der Waals surface area contributed by atoms with E-state index in [1.807, 2.05) is 19.9 Å². The van der Waals surface area contributed by atoms with E-state index in [1.54, 1.807) is 7.11 Å². The summed E-state index contributed by atoms with van der Waals surface area (Å²) >= 11 is 0. The number of hydrogen-bond donors (Lipinski definition) is 2. The zero-order chi connectivity index (χ0) is 20.5. The normalized spacial score (nSPS) is 17.3. The molecule has 2 aromatic rings. The molecule has 2 heterocycles. The number of aryl methyl sites for hydroxylation is 1. The number of nitriles is 1. The van der Waals surface area contributed by atoms with E-state index in [0.717, 1.165) is 18.7 Å². The van der Waals surface area contributed by atoms with Gasteiger partial charge in [-0.05, 0) is 76.3 Å². The van der Waals surface area contributed by atoms with E-state index in [-0.39, 0.29) is 6.41 Å².